The van der Waals surface area contributed by atoms with E-state index in [1.165, 1.54) is 6.26 Å². The Morgan fingerprint density at radius 3 is 2.27 bits per heavy atom. The summed E-state index contributed by atoms with van der Waals surface area (Å²) in [6.45, 7) is 2.38. The Bertz CT molecular complexity index is 945. The maximum atomic E-state index is 12.6. The molecule has 0 aliphatic carbocycles. The van der Waals surface area contributed by atoms with E-state index < -0.39 is 10.0 Å². The number of aliphatic imine (C=N–C) groups is 1. The maximum Gasteiger partial charge on any atom is 0.264 e. The number of hydrogen-bond acceptors (Lipinski definition) is 5. The quantitative estimate of drug-likeness (QED) is 0.512. The van der Waals surface area contributed by atoms with Crippen molar-refractivity contribution in [1.29, 1.82) is 0 Å². The highest BCUT2D eigenvalue weighted by Crippen LogP contribution is 2.10. The van der Waals surface area contributed by atoms with E-state index >= 15 is 0 Å². The fraction of sp³-hybridized carbons (Fsp3) is 0.167. The van der Waals surface area contributed by atoms with Gasteiger partial charge in [0.15, 0.2) is 0 Å². The van der Waals surface area contributed by atoms with E-state index in [1.807, 2.05) is 6.92 Å². The average Bonchev–Trinajstić information content (AvgIpc) is 3.31. The number of aryl methyl sites for hydroxylation is 1. The van der Waals surface area contributed by atoms with Crippen LogP contribution in [0.25, 0.3) is 0 Å². The van der Waals surface area contributed by atoms with Crippen molar-refractivity contribution >= 4 is 16.0 Å². The summed E-state index contributed by atoms with van der Waals surface area (Å²) < 4.78 is 38.2. The average molecular weight is 373 g/mol. The molecule has 0 aliphatic rings. The lowest BCUT2D eigenvalue weighted by atomic mass is 10.2. The number of hydrogen-bond donors (Lipinski definition) is 2. The van der Waals surface area contributed by atoms with Crippen molar-refractivity contribution in [1.82, 2.24) is 10.0 Å². The Kier molecular flexibility index (Phi) is 5.43. The number of nitrogens with one attached hydrogen (secondary N) is 2. The van der Waals surface area contributed by atoms with Crippen LogP contribution in [0.5, 0.6) is 0 Å². The van der Waals surface area contributed by atoms with Gasteiger partial charge in [-0.3, -0.25) is 0 Å². The largest absolute Gasteiger partial charge is 0.467 e. The number of guanidine groups is 1. The van der Waals surface area contributed by atoms with E-state index in [0.29, 0.717) is 18.1 Å². The van der Waals surface area contributed by atoms with Crippen LogP contribution in [0.15, 0.2) is 79.8 Å². The predicted octanol–water partition coefficient (Wildman–Crippen LogP) is 2.81. The first-order valence-corrected chi connectivity index (χ1v) is 9.44. The van der Waals surface area contributed by atoms with Gasteiger partial charge in [-0.05, 0) is 43.3 Å². The molecule has 8 heteroatoms. The van der Waals surface area contributed by atoms with Crippen LogP contribution in [0, 0.1) is 6.92 Å². The lowest BCUT2D eigenvalue weighted by Crippen LogP contribution is -2.40. The van der Waals surface area contributed by atoms with E-state index in [1.54, 1.807) is 54.8 Å². The van der Waals surface area contributed by atoms with E-state index in [0.717, 1.165) is 5.56 Å². The van der Waals surface area contributed by atoms with Crippen LogP contribution in [0.3, 0.4) is 0 Å². The van der Waals surface area contributed by atoms with Crippen molar-refractivity contribution in [2.75, 3.05) is 0 Å². The molecule has 0 aliphatic heterocycles. The molecule has 2 N–H and O–H groups in total. The van der Waals surface area contributed by atoms with Gasteiger partial charge in [0.25, 0.3) is 10.0 Å². The molecule has 0 saturated carbocycles. The first kappa shape index (κ1) is 17.8. The Morgan fingerprint density at radius 2 is 1.65 bits per heavy atom. The minimum absolute atomic E-state index is 0.110. The zero-order chi connectivity index (χ0) is 18.4. The molecular weight excluding hydrogens is 354 g/mol. The number of rotatable bonds is 6. The summed E-state index contributed by atoms with van der Waals surface area (Å²) in [5.74, 6) is 1.39. The smallest absolute Gasteiger partial charge is 0.264 e. The highest BCUT2D eigenvalue weighted by Gasteiger charge is 2.16. The molecule has 2 aromatic heterocycles. The predicted molar refractivity (Wildman–Crippen MR) is 96.9 cm³/mol. The van der Waals surface area contributed by atoms with Gasteiger partial charge in [-0.1, -0.05) is 17.7 Å². The molecule has 0 bridgehead atoms. The summed E-state index contributed by atoms with van der Waals surface area (Å²) in [5.41, 5.74) is 0.978. The van der Waals surface area contributed by atoms with Crippen molar-refractivity contribution in [2.45, 2.75) is 24.9 Å². The van der Waals surface area contributed by atoms with Gasteiger partial charge in [-0.25, -0.2) is 18.1 Å². The molecule has 0 unspecified atom stereocenters. The standard InChI is InChI=1S/C18H19N3O4S/c1-14-6-8-17(9-7-14)26(22,23)21-18(19-12-15-4-2-10-24-15)20-13-16-5-3-11-25-16/h2-11H,12-13H2,1H3,(H2,19,20,21). The summed E-state index contributed by atoms with van der Waals surface area (Å²) >= 11 is 0. The molecule has 3 aromatic rings. The van der Waals surface area contributed by atoms with Crippen molar-refractivity contribution < 1.29 is 17.3 Å². The number of benzene rings is 1. The zero-order valence-corrected chi connectivity index (χ0v) is 15.0. The van der Waals surface area contributed by atoms with E-state index in [4.69, 9.17) is 8.83 Å². The minimum atomic E-state index is -3.76. The molecule has 0 saturated heterocycles. The molecule has 136 valence electrons. The van der Waals surface area contributed by atoms with Crippen LogP contribution in [-0.4, -0.2) is 14.4 Å². The van der Waals surface area contributed by atoms with Crippen LogP contribution in [-0.2, 0) is 23.1 Å². The maximum absolute atomic E-state index is 12.6. The van der Waals surface area contributed by atoms with Crippen LogP contribution in [0.4, 0.5) is 0 Å². The summed E-state index contributed by atoms with van der Waals surface area (Å²) in [7, 11) is -3.76. The van der Waals surface area contributed by atoms with Crippen LogP contribution < -0.4 is 10.0 Å². The molecule has 0 atom stereocenters. The number of nitrogens with zero attached hydrogens (tertiary/aromatic N) is 1. The summed E-state index contributed by atoms with van der Waals surface area (Å²) in [6.07, 6.45) is 3.09. The van der Waals surface area contributed by atoms with Crippen molar-refractivity contribution in [2.24, 2.45) is 4.99 Å². The lowest BCUT2D eigenvalue weighted by molar-refractivity contribution is 0.500. The van der Waals surface area contributed by atoms with E-state index in [-0.39, 0.29) is 17.4 Å². The summed E-state index contributed by atoms with van der Waals surface area (Å²) in [5, 5.41) is 2.95. The van der Waals surface area contributed by atoms with Crippen molar-refractivity contribution in [3.05, 3.63) is 78.1 Å². The highest BCUT2D eigenvalue weighted by molar-refractivity contribution is 7.90. The third-order valence-electron chi connectivity index (χ3n) is 3.55. The molecule has 0 radical (unpaired) electrons. The summed E-state index contributed by atoms with van der Waals surface area (Å²) in [4.78, 5) is 4.43. The van der Waals surface area contributed by atoms with E-state index in [9.17, 15) is 8.42 Å². The fourth-order valence-corrected chi connectivity index (χ4v) is 3.17. The Hall–Kier alpha value is -3.00. The molecule has 26 heavy (non-hydrogen) atoms. The molecular formula is C18H19N3O4S. The third kappa shape index (κ3) is 4.76. The Morgan fingerprint density at radius 1 is 1.00 bits per heavy atom. The number of furan rings is 2. The number of sulfonamides is 1. The van der Waals surface area contributed by atoms with Crippen LogP contribution in [0.2, 0.25) is 0 Å². The van der Waals surface area contributed by atoms with Crippen LogP contribution >= 0.6 is 0 Å². The molecule has 0 spiro atoms. The van der Waals surface area contributed by atoms with Gasteiger partial charge in [0.1, 0.15) is 18.1 Å². The van der Waals surface area contributed by atoms with E-state index in [2.05, 4.69) is 15.0 Å². The second-order valence-electron chi connectivity index (χ2n) is 5.60. The van der Waals surface area contributed by atoms with Gasteiger partial charge in [0.05, 0.1) is 24.0 Å². The van der Waals surface area contributed by atoms with Gasteiger partial charge in [-0.15, -0.1) is 0 Å². The van der Waals surface area contributed by atoms with Crippen LogP contribution in [0.1, 0.15) is 17.1 Å². The lowest BCUT2D eigenvalue weighted by Gasteiger charge is -2.12. The van der Waals surface area contributed by atoms with Gasteiger partial charge in [0.2, 0.25) is 5.96 Å². The van der Waals surface area contributed by atoms with Gasteiger partial charge < -0.3 is 14.2 Å². The fourth-order valence-electron chi connectivity index (χ4n) is 2.17. The molecule has 7 nitrogen and oxygen atoms in total. The highest BCUT2D eigenvalue weighted by atomic mass is 32.2. The van der Waals surface area contributed by atoms with Gasteiger partial charge >= 0.3 is 0 Å². The molecule has 3 rings (SSSR count). The third-order valence-corrected chi connectivity index (χ3v) is 4.90. The SMILES string of the molecule is Cc1ccc(S(=O)(=O)NC(=NCc2ccco2)NCc2ccco2)cc1. The second-order valence-corrected chi connectivity index (χ2v) is 7.28. The first-order valence-electron chi connectivity index (χ1n) is 7.95. The van der Waals surface area contributed by atoms with Crippen molar-refractivity contribution in [3.63, 3.8) is 0 Å². The Labute approximate surface area is 151 Å². The van der Waals surface area contributed by atoms with Gasteiger partial charge in [-0.2, -0.15) is 0 Å². The molecule has 0 fully saturated rings. The zero-order valence-electron chi connectivity index (χ0n) is 14.2. The Balaban J connectivity index is 1.77. The monoisotopic (exact) mass is 373 g/mol. The minimum Gasteiger partial charge on any atom is -0.467 e. The summed E-state index contributed by atoms with van der Waals surface area (Å²) in [6, 6.07) is 13.6. The molecule has 0 amide bonds. The molecule has 2 heterocycles. The molecule has 1 aromatic carbocycles. The van der Waals surface area contributed by atoms with Crippen molar-refractivity contribution in [3.8, 4) is 0 Å². The van der Waals surface area contributed by atoms with Gasteiger partial charge in [0, 0.05) is 0 Å². The second kappa shape index (κ2) is 7.92. The topological polar surface area (TPSA) is 96.8 Å². The first-order chi connectivity index (χ1) is 12.5. The normalized spacial score (nSPS) is 12.1.